The van der Waals surface area contributed by atoms with Crippen LogP contribution in [-0.2, 0) is 9.53 Å². The Hall–Kier alpha value is -0.280. The van der Waals surface area contributed by atoms with Gasteiger partial charge in [-0.15, -0.1) is 11.6 Å². The third-order valence-electron chi connectivity index (χ3n) is 2.53. The summed E-state index contributed by atoms with van der Waals surface area (Å²) in [5, 5.41) is 2.92. The van der Waals surface area contributed by atoms with E-state index in [4.69, 9.17) is 16.3 Å². The van der Waals surface area contributed by atoms with Crippen LogP contribution in [0.1, 0.15) is 26.7 Å². The molecule has 88 valence electrons. The van der Waals surface area contributed by atoms with Crippen molar-refractivity contribution in [3.63, 3.8) is 0 Å². The maximum atomic E-state index is 11.6. The first-order valence-corrected chi connectivity index (χ1v) is 6.02. The molecule has 0 aliphatic carbocycles. The fourth-order valence-corrected chi connectivity index (χ4v) is 2.13. The number of hydrogen-bond acceptors (Lipinski definition) is 2. The number of nitrogens with one attached hydrogen (secondary N) is 1. The number of carbonyl (C=O) groups excluding carboxylic acids is 1. The highest BCUT2D eigenvalue weighted by Gasteiger charge is 2.23. The molecule has 0 aromatic rings. The average Bonchev–Trinajstić information content (AvgIpc) is 2.65. The number of alkyl halides is 1. The molecule has 1 amide bonds. The van der Waals surface area contributed by atoms with Gasteiger partial charge in [-0.05, 0) is 18.8 Å². The van der Waals surface area contributed by atoms with Crippen molar-refractivity contribution in [2.45, 2.75) is 32.1 Å². The first kappa shape index (κ1) is 12.8. The van der Waals surface area contributed by atoms with Gasteiger partial charge in [-0.3, -0.25) is 4.79 Å². The minimum absolute atomic E-state index is 0.0351. The summed E-state index contributed by atoms with van der Waals surface area (Å²) in [6, 6.07) is 0. The molecular formula is C11H20ClNO2. The highest BCUT2D eigenvalue weighted by molar-refractivity contribution is 6.20. The number of hydrogen-bond donors (Lipinski definition) is 1. The van der Waals surface area contributed by atoms with Gasteiger partial charge in [0.05, 0.1) is 17.9 Å². The third kappa shape index (κ3) is 4.85. The van der Waals surface area contributed by atoms with E-state index >= 15 is 0 Å². The molecule has 1 heterocycles. The van der Waals surface area contributed by atoms with E-state index in [9.17, 15) is 4.79 Å². The van der Waals surface area contributed by atoms with E-state index in [1.54, 1.807) is 0 Å². The second kappa shape index (κ2) is 6.33. The van der Waals surface area contributed by atoms with E-state index in [2.05, 4.69) is 19.2 Å². The van der Waals surface area contributed by atoms with Crippen molar-refractivity contribution < 1.29 is 9.53 Å². The molecule has 1 N–H and O–H groups in total. The first-order chi connectivity index (χ1) is 7.09. The molecule has 1 rings (SSSR count). The normalized spacial score (nSPS) is 23.1. The largest absolute Gasteiger partial charge is 0.381 e. The molecule has 0 bridgehead atoms. The van der Waals surface area contributed by atoms with E-state index in [0.717, 1.165) is 12.8 Å². The molecule has 0 radical (unpaired) electrons. The minimum Gasteiger partial charge on any atom is -0.381 e. The predicted molar refractivity (Wildman–Crippen MR) is 61.0 cm³/mol. The van der Waals surface area contributed by atoms with Crippen molar-refractivity contribution in [3.8, 4) is 0 Å². The van der Waals surface area contributed by atoms with Gasteiger partial charge in [0.25, 0.3) is 0 Å². The fraction of sp³-hybridized carbons (Fsp3) is 0.909. The highest BCUT2D eigenvalue weighted by Crippen LogP contribution is 2.13. The summed E-state index contributed by atoms with van der Waals surface area (Å²) in [5.41, 5.74) is 0. The van der Waals surface area contributed by atoms with Crippen molar-refractivity contribution in [1.29, 1.82) is 0 Å². The van der Waals surface area contributed by atoms with E-state index in [1.165, 1.54) is 0 Å². The van der Waals surface area contributed by atoms with E-state index < -0.39 is 0 Å². The third-order valence-corrected chi connectivity index (χ3v) is 2.86. The SMILES string of the molecule is CC(C)CC(Cl)CNC(=O)C1CCOC1. The Kier molecular flexibility index (Phi) is 5.40. The van der Waals surface area contributed by atoms with Crippen molar-refractivity contribution in [3.05, 3.63) is 0 Å². The predicted octanol–water partition coefficient (Wildman–Crippen LogP) is 1.79. The lowest BCUT2D eigenvalue weighted by Gasteiger charge is -2.14. The molecule has 2 unspecified atom stereocenters. The molecule has 15 heavy (non-hydrogen) atoms. The van der Waals surface area contributed by atoms with E-state index in [-0.39, 0.29) is 17.2 Å². The second-order valence-corrected chi connectivity index (χ2v) is 5.15. The summed E-state index contributed by atoms with van der Waals surface area (Å²) in [6.07, 6.45) is 1.77. The second-order valence-electron chi connectivity index (χ2n) is 4.53. The quantitative estimate of drug-likeness (QED) is 0.736. The minimum atomic E-state index is 0.0351. The van der Waals surface area contributed by atoms with Crippen molar-refractivity contribution in [2.75, 3.05) is 19.8 Å². The van der Waals surface area contributed by atoms with Crippen LogP contribution in [0.2, 0.25) is 0 Å². The summed E-state index contributed by atoms with van der Waals surface area (Å²) in [6.45, 7) is 6.08. The van der Waals surface area contributed by atoms with Crippen molar-refractivity contribution in [2.24, 2.45) is 11.8 Å². The van der Waals surface area contributed by atoms with Gasteiger partial charge in [-0.25, -0.2) is 0 Å². The van der Waals surface area contributed by atoms with Gasteiger partial charge in [0.1, 0.15) is 0 Å². The van der Waals surface area contributed by atoms with Crippen LogP contribution in [0.25, 0.3) is 0 Å². The van der Waals surface area contributed by atoms with Gasteiger partial charge >= 0.3 is 0 Å². The maximum absolute atomic E-state index is 11.6. The Bertz CT molecular complexity index is 203. The lowest BCUT2D eigenvalue weighted by Crippen LogP contribution is -2.35. The molecule has 0 saturated carbocycles. The average molecular weight is 234 g/mol. The number of halogens is 1. The molecule has 0 aromatic heterocycles. The van der Waals surface area contributed by atoms with E-state index in [1.807, 2.05) is 0 Å². The Morgan fingerprint density at radius 2 is 2.33 bits per heavy atom. The Morgan fingerprint density at radius 1 is 1.60 bits per heavy atom. The van der Waals surface area contributed by atoms with Crippen LogP contribution in [0.4, 0.5) is 0 Å². The van der Waals surface area contributed by atoms with Gasteiger partial charge in [-0.1, -0.05) is 13.8 Å². The number of ether oxygens (including phenoxy) is 1. The zero-order valence-electron chi connectivity index (χ0n) is 9.46. The smallest absolute Gasteiger partial charge is 0.225 e. The molecule has 1 aliphatic rings. The van der Waals surface area contributed by atoms with Gasteiger partial charge < -0.3 is 10.1 Å². The van der Waals surface area contributed by atoms with Crippen LogP contribution < -0.4 is 5.32 Å². The van der Waals surface area contributed by atoms with Crippen LogP contribution in [0.15, 0.2) is 0 Å². The maximum Gasteiger partial charge on any atom is 0.225 e. The van der Waals surface area contributed by atoms with Gasteiger partial charge in [-0.2, -0.15) is 0 Å². The number of rotatable bonds is 5. The molecule has 1 aliphatic heterocycles. The Labute approximate surface area is 96.5 Å². The Morgan fingerprint density at radius 3 is 2.87 bits per heavy atom. The summed E-state index contributed by atoms with van der Waals surface area (Å²) < 4.78 is 5.16. The van der Waals surface area contributed by atoms with Gasteiger partial charge in [0.2, 0.25) is 5.91 Å². The van der Waals surface area contributed by atoms with Crippen molar-refractivity contribution >= 4 is 17.5 Å². The van der Waals surface area contributed by atoms with Crippen LogP contribution in [0.3, 0.4) is 0 Å². The summed E-state index contributed by atoms with van der Waals surface area (Å²) in [4.78, 5) is 11.6. The molecule has 2 atom stereocenters. The zero-order chi connectivity index (χ0) is 11.3. The topological polar surface area (TPSA) is 38.3 Å². The summed E-state index contributed by atoms with van der Waals surface area (Å²) >= 11 is 6.08. The molecule has 0 spiro atoms. The zero-order valence-corrected chi connectivity index (χ0v) is 10.2. The number of carbonyl (C=O) groups is 1. The van der Waals surface area contributed by atoms with Crippen molar-refractivity contribution in [1.82, 2.24) is 5.32 Å². The standard InChI is InChI=1S/C11H20ClNO2/c1-8(2)5-10(12)6-13-11(14)9-3-4-15-7-9/h8-10H,3-7H2,1-2H3,(H,13,14). The summed E-state index contributed by atoms with van der Waals surface area (Å²) in [7, 11) is 0. The molecule has 3 nitrogen and oxygen atoms in total. The Balaban J connectivity index is 2.15. The van der Waals surface area contributed by atoms with Gasteiger partial charge in [0, 0.05) is 13.2 Å². The van der Waals surface area contributed by atoms with E-state index in [0.29, 0.717) is 25.7 Å². The highest BCUT2D eigenvalue weighted by atomic mass is 35.5. The molecule has 0 aromatic carbocycles. The van der Waals surface area contributed by atoms with Crippen LogP contribution in [-0.4, -0.2) is 31.0 Å². The van der Waals surface area contributed by atoms with Crippen LogP contribution in [0, 0.1) is 11.8 Å². The number of amides is 1. The lowest BCUT2D eigenvalue weighted by atomic mass is 10.1. The van der Waals surface area contributed by atoms with Crippen LogP contribution >= 0.6 is 11.6 Å². The van der Waals surface area contributed by atoms with Gasteiger partial charge in [0.15, 0.2) is 0 Å². The fourth-order valence-electron chi connectivity index (χ4n) is 1.69. The first-order valence-electron chi connectivity index (χ1n) is 5.59. The monoisotopic (exact) mass is 233 g/mol. The lowest BCUT2D eigenvalue weighted by molar-refractivity contribution is -0.124. The van der Waals surface area contributed by atoms with Crippen LogP contribution in [0.5, 0.6) is 0 Å². The summed E-state index contributed by atoms with van der Waals surface area (Å²) in [5.74, 6) is 0.689. The molecule has 1 fully saturated rings. The molecular weight excluding hydrogens is 214 g/mol. The molecule has 4 heteroatoms. The molecule has 1 saturated heterocycles.